The molecule has 0 aliphatic carbocycles. The molecule has 1 heterocycles. The molecule has 0 aliphatic heterocycles. The van der Waals surface area contributed by atoms with E-state index in [1.807, 2.05) is 6.07 Å². The first-order valence-electron chi connectivity index (χ1n) is 7.77. The molecular formula is C18H15F2N3O4. The fourth-order valence-electron chi connectivity index (χ4n) is 1.96. The van der Waals surface area contributed by atoms with Crippen LogP contribution in [0.4, 0.5) is 14.5 Å². The lowest BCUT2D eigenvalue weighted by Crippen LogP contribution is -2.30. The summed E-state index contributed by atoms with van der Waals surface area (Å²) in [6.45, 7) is 0.534. The Hall–Kier alpha value is -3.54. The van der Waals surface area contributed by atoms with E-state index in [1.165, 1.54) is 31.5 Å². The molecule has 0 saturated heterocycles. The third-order valence-electron chi connectivity index (χ3n) is 3.24. The summed E-state index contributed by atoms with van der Waals surface area (Å²) in [6, 6.07) is 9.37. The molecule has 1 amide bonds. The Balaban J connectivity index is 1.97. The summed E-state index contributed by atoms with van der Waals surface area (Å²) in [5, 5.41) is 11.4. The lowest BCUT2D eigenvalue weighted by atomic mass is 10.2. The number of carbonyl (C=O) groups is 2. The maximum atomic E-state index is 12.2. The summed E-state index contributed by atoms with van der Waals surface area (Å²) in [7, 11) is 0. The van der Waals surface area contributed by atoms with Gasteiger partial charge in [0.1, 0.15) is 12.4 Å². The lowest BCUT2D eigenvalue weighted by Gasteiger charge is -2.14. The fourth-order valence-corrected chi connectivity index (χ4v) is 1.96. The second-order valence-corrected chi connectivity index (χ2v) is 5.34. The molecular weight excluding hydrogens is 360 g/mol. The van der Waals surface area contributed by atoms with Gasteiger partial charge in [-0.25, -0.2) is 13.6 Å². The Kier molecular flexibility index (Phi) is 6.77. The molecule has 0 radical (unpaired) electrons. The number of aromatic nitrogens is 1. The van der Waals surface area contributed by atoms with Crippen molar-refractivity contribution < 1.29 is 27.8 Å². The van der Waals surface area contributed by atoms with Crippen molar-refractivity contribution in [2.24, 2.45) is 0 Å². The molecule has 0 spiro atoms. The van der Waals surface area contributed by atoms with Crippen LogP contribution in [0.25, 0.3) is 0 Å². The Morgan fingerprint density at radius 3 is 2.78 bits per heavy atom. The summed E-state index contributed by atoms with van der Waals surface area (Å²) in [4.78, 5) is 28.0. The molecule has 0 bridgehead atoms. The summed E-state index contributed by atoms with van der Waals surface area (Å²) < 4.78 is 34.2. The minimum Gasteiger partial charge on any atom is -0.486 e. The van der Waals surface area contributed by atoms with Gasteiger partial charge in [0.2, 0.25) is 0 Å². The number of esters is 1. The van der Waals surface area contributed by atoms with Gasteiger partial charge >= 0.3 is 5.97 Å². The van der Waals surface area contributed by atoms with Crippen molar-refractivity contribution in [2.75, 3.05) is 11.9 Å². The van der Waals surface area contributed by atoms with E-state index in [9.17, 15) is 18.4 Å². The molecule has 1 atom stereocenters. The monoisotopic (exact) mass is 375 g/mol. The first-order valence-corrected chi connectivity index (χ1v) is 7.77. The second-order valence-electron chi connectivity index (χ2n) is 5.34. The third-order valence-corrected chi connectivity index (χ3v) is 3.24. The molecule has 27 heavy (non-hydrogen) atoms. The van der Waals surface area contributed by atoms with Gasteiger partial charge in [0.05, 0.1) is 23.4 Å². The van der Waals surface area contributed by atoms with E-state index in [2.05, 4.69) is 10.3 Å². The van der Waals surface area contributed by atoms with Crippen LogP contribution >= 0.6 is 0 Å². The molecule has 2 rings (SSSR count). The number of pyridine rings is 1. The Morgan fingerprint density at radius 1 is 1.30 bits per heavy atom. The minimum atomic E-state index is -2.66. The summed E-state index contributed by atoms with van der Waals surface area (Å²) >= 11 is 0. The van der Waals surface area contributed by atoms with Gasteiger partial charge in [-0.1, -0.05) is 6.07 Å². The van der Waals surface area contributed by atoms with Gasteiger partial charge < -0.3 is 14.8 Å². The largest absolute Gasteiger partial charge is 0.486 e. The number of nitrogens with zero attached hydrogens (tertiary/aromatic N) is 2. The maximum Gasteiger partial charge on any atom is 0.340 e. The Labute approximate surface area is 153 Å². The number of amides is 1. The molecule has 7 nitrogen and oxygen atoms in total. The molecule has 1 aromatic carbocycles. The summed E-state index contributed by atoms with van der Waals surface area (Å²) in [5.74, 6) is -1.48. The van der Waals surface area contributed by atoms with Gasteiger partial charge in [-0.2, -0.15) is 5.26 Å². The molecule has 1 N–H and O–H groups in total. The van der Waals surface area contributed by atoms with Crippen LogP contribution in [0.1, 0.15) is 22.8 Å². The van der Waals surface area contributed by atoms with Crippen molar-refractivity contribution in [3.05, 3.63) is 53.9 Å². The highest BCUT2D eigenvalue weighted by Gasteiger charge is 2.20. The molecule has 0 saturated carbocycles. The summed E-state index contributed by atoms with van der Waals surface area (Å²) in [6.07, 6.45) is -1.46. The molecule has 1 unspecified atom stereocenters. The maximum absolute atomic E-state index is 12.2. The van der Waals surface area contributed by atoms with E-state index in [4.69, 9.17) is 14.7 Å². The first-order chi connectivity index (χ1) is 12.9. The molecule has 0 aliphatic rings. The average molecular weight is 375 g/mol. The number of nitriles is 1. The van der Waals surface area contributed by atoms with Crippen molar-refractivity contribution in [3.63, 3.8) is 0 Å². The van der Waals surface area contributed by atoms with Gasteiger partial charge in [0, 0.05) is 11.9 Å². The number of anilines is 1. The Morgan fingerprint density at radius 2 is 2.07 bits per heavy atom. The molecule has 140 valence electrons. The number of nitrogens with one attached hydrogen (secondary N) is 1. The van der Waals surface area contributed by atoms with Gasteiger partial charge in [-0.15, -0.1) is 0 Å². The number of ether oxygens (including phenoxy) is 2. The number of rotatable bonds is 7. The van der Waals surface area contributed by atoms with Crippen molar-refractivity contribution >= 4 is 17.6 Å². The van der Waals surface area contributed by atoms with Gasteiger partial charge in [-0.05, 0) is 31.2 Å². The topological polar surface area (TPSA) is 101 Å². The smallest absolute Gasteiger partial charge is 0.340 e. The van der Waals surface area contributed by atoms with Crippen LogP contribution in [0.3, 0.4) is 0 Å². The zero-order valence-corrected chi connectivity index (χ0v) is 14.2. The van der Waals surface area contributed by atoms with Crippen molar-refractivity contribution in [2.45, 2.75) is 19.5 Å². The van der Waals surface area contributed by atoms with E-state index >= 15 is 0 Å². The van der Waals surface area contributed by atoms with Crippen molar-refractivity contribution in [1.29, 1.82) is 5.26 Å². The highest BCUT2D eigenvalue weighted by Crippen LogP contribution is 2.15. The highest BCUT2D eigenvalue weighted by molar-refractivity contribution is 5.97. The summed E-state index contributed by atoms with van der Waals surface area (Å²) in [5.41, 5.74) is 0.697. The highest BCUT2D eigenvalue weighted by atomic mass is 19.3. The molecule has 0 fully saturated rings. The SMILES string of the molecule is CC(OC(=O)c1cncc(OCC(F)F)c1)C(=O)Nc1cccc(C#N)c1. The zero-order chi connectivity index (χ0) is 19.8. The Bertz CT molecular complexity index is 868. The average Bonchev–Trinajstić information content (AvgIpc) is 2.66. The minimum absolute atomic E-state index is 0.0184. The predicted molar refractivity (Wildman–Crippen MR) is 90.4 cm³/mol. The number of carbonyl (C=O) groups excluding carboxylic acids is 2. The van der Waals surface area contributed by atoms with E-state index in [0.29, 0.717) is 11.3 Å². The second kappa shape index (κ2) is 9.24. The van der Waals surface area contributed by atoms with Crippen LogP contribution in [-0.4, -0.2) is 36.0 Å². The normalized spacial score (nSPS) is 11.4. The predicted octanol–water partition coefficient (Wildman–Crippen LogP) is 2.78. The van der Waals surface area contributed by atoms with Gasteiger partial charge in [0.15, 0.2) is 6.10 Å². The van der Waals surface area contributed by atoms with Crippen LogP contribution < -0.4 is 10.1 Å². The number of hydrogen-bond acceptors (Lipinski definition) is 6. The number of hydrogen-bond donors (Lipinski definition) is 1. The van der Waals surface area contributed by atoms with Crippen LogP contribution in [0, 0.1) is 11.3 Å². The third kappa shape index (κ3) is 6.04. The van der Waals surface area contributed by atoms with Crippen molar-refractivity contribution in [1.82, 2.24) is 4.98 Å². The van der Waals surface area contributed by atoms with Crippen LogP contribution in [0.2, 0.25) is 0 Å². The number of benzene rings is 1. The van der Waals surface area contributed by atoms with E-state index in [1.54, 1.807) is 18.2 Å². The lowest BCUT2D eigenvalue weighted by molar-refractivity contribution is -0.123. The van der Waals surface area contributed by atoms with E-state index in [-0.39, 0.29) is 11.3 Å². The van der Waals surface area contributed by atoms with Gasteiger partial charge in [0.25, 0.3) is 12.3 Å². The van der Waals surface area contributed by atoms with Crippen LogP contribution in [0.5, 0.6) is 5.75 Å². The van der Waals surface area contributed by atoms with Crippen molar-refractivity contribution in [3.8, 4) is 11.8 Å². The van der Waals surface area contributed by atoms with E-state index in [0.717, 1.165) is 0 Å². The van der Waals surface area contributed by atoms with Crippen LogP contribution in [0.15, 0.2) is 42.7 Å². The molecule has 9 heteroatoms. The van der Waals surface area contributed by atoms with Crippen LogP contribution in [-0.2, 0) is 9.53 Å². The first kappa shape index (κ1) is 19.8. The number of halogens is 2. The standard InChI is InChI=1S/C18H15F2N3O4/c1-11(17(24)23-14-4-2-3-12(5-14)7-21)27-18(25)13-6-15(9-22-8-13)26-10-16(19)20/h2-6,8-9,11,16H,10H2,1H3,(H,23,24). The quantitative estimate of drug-likeness (QED) is 0.747. The molecule has 2 aromatic rings. The fraction of sp³-hybridized carbons (Fsp3) is 0.222. The zero-order valence-electron chi connectivity index (χ0n) is 14.2. The van der Waals surface area contributed by atoms with E-state index < -0.39 is 31.0 Å². The number of alkyl halides is 2. The molecule has 1 aromatic heterocycles. The van der Waals surface area contributed by atoms with Gasteiger partial charge in [-0.3, -0.25) is 9.78 Å².